The first-order chi connectivity index (χ1) is 14.2. The Balaban J connectivity index is 1.36. The Bertz CT molecular complexity index is 879. The quantitative estimate of drug-likeness (QED) is 0.339. The van der Waals surface area contributed by atoms with Gasteiger partial charge < -0.3 is 10.1 Å². The summed E-state index contributed by atoms with van der Waals surface area (Å²) in [6.07, 6.45) is 0.816. The molecule has 1 aliphatic heterocycles. The molecule has 0 unspecified atom stereocenters. The van der Waals surface area contributed by atoms with Gasteiger partial charge in [-0.05, 0) is 49.4 Å². The van der Waals surface area contributed by atoms with E-state index in [0.29, 0.717) is 10.7 Å². The van der Waals surface area contributed by atoms with Crippen molar-refractivity contribution in [2.75, 3.05) is 11.9 Å². The van der Waals surface area contributed by atoms with Crippen molar-refractivity contribution in [2.24, 2.45) is 23.7 Å². The highest BCUT2D eigenvalue weighted by atomic mass is 79.9. The van der Waals surface area contributed by atoms with Gasteiger partial charge >= 0.3 is 5.97 Å². The molecule has 1 saturated heterocycles. The number of carbonyl (C=O) groups is 4. The van der Waals surface area contributed by atoms with Crippen molar-refractivity contribution in [3.05, 3.63) is 29.3 Å². The molecule has 30 heavy (non-hydrogen) atoms. The van der Waals surface area contributed by atoms with Crippen LogP contribution in [0.1, 0.15) is 13.3 Å². The third-order valence-corrected chi connectivity index (χ3v) is 9.68. The molecule has 3 aliphatic rings. The lowest BCUT2D eigenvalue weighted by atomic mass is 9.81. The van der Waals surface area contributed by atoms with Gasteiger partial charge in [0, 0.05) is 20.4 Å². The number of alkyl halides is 2. The van der Waals surface area contributed by atoms with Crippen LogP contribution in [0.2, 0.25) is 5.02 Å². The zero-order valence-corrected chi connectivity index (χ0v) is 19.8. The number of nitrogens with zero attached hydrogens (tertiary/aromatic N) is 1. The molecule has 1 aromatic carbocycles. The highest BCUT2D eigenvalue weighted by Gasteiger charge is 2.67. The Hall–Kier alpha value is -1.45. The number of carbonyl (C=O) groups excluding carboxylic acids is 4. The highest BCUT2D eigenvalue weighted by molar-refractivity contribution is 9.12. The van der Waals surface area contributed by atoms with E-state index in [1.165, 1.54) is 6.92 Å². The monoisotopic (exact) mass is 560 g/mol. The van der Waals surface area contributed by atoms with E-state index in [1.807, 2.05) is 0 Å². The van der Waals surface area contributed by atoms with Crippen LogP contribution in [-0.4, -0.2) is 50.9 Å². The summed E-state index contributed by atoms with van der Waals surface area (Å²) in [7, 11) is 0. The molecule has 1 heterocycles. The molecule has 1 N–H and O–H groups in total. The van der Waals surface area contributed by atoms with Crippen LogP contribution in [-0.2, 0) is 23.9 Å². The van der Waals surface area contributed by atoms with E-state index in [0.717, 1.165) is 11.3 Å². The molecule has 10 heteroatoms. The number of fused-ring (bicyclic) bond motifs is 5. The molecule has 160 valence electrons. The highest BCUT2D eigenvalue weighted by Crippen LogP contribution is 2.60. The third kappa shape index (κ3) is 3.58. The van der Waals surface area contributed by atoms with E-state index in [4.69, 9.17) is 16.3 Å². The SMILES string of the molecule is C[C@H](C(=O)OCC(=O)Nc1ccc(Cl)cc1)N1C(=O)[C@@H]2[C@H]3C[C@@H]([C@@H](Br)[C@H]3Br)[C@H]2C1=O. The summed E-state index contributed by atoms with van der Waals surface area (Å²) >= 11 is 13.1. The summed E-state index contributed by atoms with van der Waals surface area (Å²) in [5.41, 5.74) is 0.510. The maximum absolute atomic E-state index is 13.0. The molecule has 1 aromatic rings. The van der Waals surface area contributed by atoms with Gasteiger partial charge in [-0.15, -0.1) is 0 Å². The maximum atomic E-state index is 13.0. The molecule has 3 fully saturated rings. The molecular weight excluding hydrogens is 543 g/mol. The largest absolute Gasteiger partial charge is 0.454 e. The number of amides is 3. The van der Waals surface area contributed by atoms with E-state index >= 15 is 0 Å². The van der Waals surface area contributed by atoms with Crippen LogP contribution in [0, 0.1) is 23.7 Å². The fourth-order valence-electron chi connectivity index (χ4n) is 4.85. The van der Waals surface area contributed by atoms with Gasteiger partial charge in [0.05, 0.1) is 11.8 Å². The second-order valence-electron chi connectivity index (χ2n) is 7.89. The lowest BCUT2D eigenvalue weighted by Crippen LogP contribution is -2.45. The van der Waals surface area contributed by atoms with E-state index in [9.17, 15) is 19.2 Å². The van der Waals surface area contributed by atoms with E-state index < -0.39 is 36.4 Å². The van der Waals surface area contributed by atoms with Gasteiger partial charge in [0.1, 0.15) is 6.04 Å². The first kappa shape index (κ1) is 21.8. The standard InChI is InChI=1S/C20H19Br2ClN2O5/c1-8(20(29)30-7-13(26)24-10-4-2-9(23)3-5-10)25-18(27)14-11-6-12(15(14)19(25)28)17(22)16(11)21/h2-5,8,11-12,14-17H,6-7H2,1H3,(H,24,26)/t8-,11-,12-,14-,15-,16-,17+/m1/s1. The Morgan fingerprint density at radius 3 is 2.20 bits per heavy atom. The number of esters is 1. The number of halogens is 3. The Morgan fingerprint density at radius 2 is 1.67 bits per heavy atom. The van der Waals surface area contributed by atoms with Crippen molar-refractivity contribution in [3.63, 3.8) is 0 Å². The van der Waals surface area contributed by atoms with Gasteiger partial charge in [-0.3, -0.25) is 19.3 Å². The number of hydrogen-bond donors (Lipinski definition) is 1. The molecule has 7 nitrogen and oxygen atoms in total. The number of benzene rings is 1. The lowest BCUT2D eigenvalue weighted by Gasteiger charge is -2.28. The molecule has 7 atom stereocenters. The number of likely N-dealkylation sites (tertiary alicyclic amines) is 1. The van der Waals surface area contributed by atoms with Gasteiger partial charge in [-0.25, -0.2) is 4.79 Å². The summed E-state index contributed by atoms with van der Waals surface area (Å²) in [6.45, 7) is 0.933. The average Bonchev–Trinajstić information content (AvgIpc) is 3.32. The van der Waals surface area contributed by atoms with Gasteiger partial charge in [0.15, 0.2) is 6.61 Å². The topological polar surface area (TPSA) is 92.8 Å². The number of hydrogen-bond acceptors (Lipinski definition) is 5. The summed E-state index contributed by atoms with van der Waals surface area (Å²) in [5.74, 6) is -2.63. The Kier molecular flexibility index (Phi) is 5.98. The Morgan fingerprint density at radius 1 is 1.13 bits per heavy atom. The van der Waals surface area contributed by atoms with Crippen LogP contribution in [0.5, 0.6) is 0 Å². The summed E-state index contributed by atoms with van der Waals surface area (Å²) in [5, 5.41) is 3.11. The minimum Gasteiger partial charge on any atom is -0.454 e. The number of rotatable bonds is 5. The molecule has 0 aromatic heterocycles. The second-order valence-corrected chi connectivity index (χ2v) is 10.4. The third-order valence-electron chi connectivity index (χ3n) is 6.22. The predicted octanol–water partition coefficient (Wildman–Crippen LogP) is 2.99. The van der Waals surface area contributed by atoms with Crippen molar-refractivity contribution < 1.29 is 23.9 Å². The van der Waals surface area contributed by atoms with Crippen molar-refractivity contribution in [2.45, 2.75) is 29.0 Å². The molecule has 2 bridgehead atoms. The molecule has 0 spiro atoms. The molecule has 0 radical (unpaired) electrons. The summed E-state index contributed by atoms with van der Waals surface area (Å²) in [4.78, 5) is 51.7. The van der Waals surface area contributed by atoms with E-state index in [1.54, 1.807) is 24.3 Å². The predicted molar refractivity (Wildman–Crippen MR) is 116 cm³/mol. The number of nitrogens with one attached hydrogen (secondary N) is 1. The smallest absolute Gasteiger partial charge is 0.329 e. The van der Waals surface area contributed by atoms with Crippen molar-refractivity contribution in [1.82, 2.24) is 4.90 Å². The normalized spacial score (nSPS) is 32.9. The fourth-order valence-corrected chi connectivity index (χ4v) is 6.85. The molecule has 2 saturated carbocycles. The maximum Gasteiger partial charge on any atom is 0.329 e. The number of ether oxygens (including phenoxy) is 1. The van der Waals surface area contributed by atoms with Gasteiger partial charge in [-0.2, -0.15) is 0 Å². The van der Waals surface area contributed by atoms with Crippen LogP contribution in [0.3, 0.4) is 0 Å². The van der Waals surface area contributed by atoms with Crippen molar-refractivity contribution in [1.29, 1.82) is 0 Å². The molecule has 4 rings (SSSR count). The average molecular weight is 563 g/mol. The van der Waals surface area contributed by atoms with E-state index in [-0.39, 0.29) is 33.3 Å². The zero-order chi connectivity index (χ0) is 21.7. The van der Waals surface area contributed by atoms with Crippen molar-refractivity contribution >= 4 is 72.8 Å². The van der Waals surface area contributed by atoms with Crippen LogP contribution >= 0.6 is 43.5 Å². The molecule has 2 aliphatic carbocycles. The van der Waals surface area contributed by atoms with E-state index in [2.05, 4.69) is 37.2 Å². The Labute approximate surface area is 195 Å². The first-order valence-electron chi connectivity index (χ1n) is 9.57. The summed E-state index contributed by atoms with van der Waals surface area (Å²) < 4.78 is 5.06. The van der Waals surface area contributed by atoms with Gasteiger partial charge in [-0.1, -0.05) is 43.5 Å². The number of anilines is 1. The van der Waals surface area contributed by atoms with Crippen LogP contribution in [0.4, 0.5) is 5.69 Å². The van der Waals surface area contributed by atoms with Crippen LogP contribution in [0.15, 0.2) is 24.3 Å². The van der Waals surface area contributed by atoms with Gasteiger partial charge in [0.2, 0.25) is 11.8 Å². The van der Waals surface area contributed by atoms with Crippen LogP contribution < -0.4 is 5.32 Å². The lowest BCUT2D eigenvalue weighted by molar-refractivity contribution is -0.159. The van der Waals surface area contributed by atoms with Gasteiger partial charge in [0.25, 0.3) is 5.91 Å². The minimum atomic E-state index is -1.08. The minimum absolute atomic E-state index is 0.0687. The molecule has 3 amide bonds. The number of imide groups is 1. The van der Waals surface area contributed by atoms with Crippen LogP contribution in [0.25, 0.3) is 0 Å². The fraction of sp³-hybridized carbons (Fsp3) is 0.500. The first-order valence-corrected chi connectivity index (χ1v) is 11.8. The zero-order valence-electron chi connectivity index (χ0n) is 15.9. The molecular formula is C20H19Br2ClN2O5. The van der Waals surface area contributed by atoms with Crippen molar-refractivity contribution in [3.8, 4) is 0 Å². The summed E-state index contributed by atoms with van der Waals surface area (Å²) in [6, 6.07) is 5.39. The second kappa shape index (κ2) is 8.24.